The average molecular weight is 415 g/mol. The molecule has 0 aliphatic heterocycles. The number of carbonyl (C=O) groups excluding carboxylic acids is 3. The summed E-state index contributed by atoms with van der Waals surface area (Å²) >= 11 is 0. The van der Waals surface area contributed by atoms with Gasteiger partial charge in [-0.2, -0.15) is 0 Å². The van der Waals surface area contributed by atoms with Crippen molar-refractivity contribution < 1.29 is 23.9 Å². The molecule has 0 bridgehead atoms. The third-order valence-electron chi connectivity index (χ3n) is 8.68. The number of Topliss-reactive ketones (excluding diaryl/α,β-unsaturated/α-hetero) is 1. The summed E-state index contributed by atoms with van der Waals surface area (Å²) in [6, 6.07) is 0. The summed E-state index contributed by atoms with van der Waals surface area (Å²) in [6.45, 7) is 7.36. The molecule has 30 heavy (non-hydrogen) atoms. The van der Waals surface area contributed by atoms with Crippen molar-refractivity contribution >= 4 is 17.7 Å². The number of allylic oxidation sites excluding steroid dienone is 2. The quantitative estimate of drug-likeness (QED) is 0.499. The van der Waals surface area contributed by atoms with Gasteiger partial charge in [-0.25, -0.2) is 0 Å². The molecule has 0 N–H and O–H groups in total. The van der Waals surface area contributed by atoms with Crippen LogP contribution in [0, 0.1) is 28.6 Å². The first kappa shape index (κ1) is 21.3. The Bertz CT molecular complexity index is 823. The lowest BCUT2D eigenvalue weighted by molar-refractivity contribution is -0.148. The second kappa shape index (κ2) is 7.65. The van der Waals surface area contributed by atoms with Gasteiger partial charge in [-0.1, -0.05) is 31.6 Å². The average Bonchev–Trinajstić information content (AvgIpc) is 3.03. The molecule has 0 radical (unpaired) electrons. The number of carbonyl (C=O) groups is 3. The molecule has 5 nitrogen and oxygen atoms in total. The maximum Gasteiger partial charge on any atom is 0.303 e. The number of fused-ring (bicyclic) bond motifs is 5. The van der Waals surface area contributed by atoms with E-state index < -0.39 is 5.97 Å². The molecule has 2 saturated carbocycles. The monoisotopic (exact) mass is 414 g/mol. The highest BCUT2D eigenvalue weighted by atomic mass is 16.5. The standard InChI is InChI=1S/C25H34O5/c1-15(26)29-14-23(28)22-8-7-20-19-6-5-17-13-18(30-16(2)27)9-11-24(17,3)21(19)10-12-25(20,22)4/h5,8,18-21H,6-7,9-14H2,1-4H3/t18-,19+,20-,21-,24-,25-/m0/s1. The molecule has 0 aromatic rings. The molecule has 164 valence electrons. The van der Waals surface area contributed by atoms with Gasteiger partial charge < -0.3 is 9.47 Å². The topological polar surface area (TPSA) is 69.7 Å². The van der Waals surface area contributed by atoms with Gasteiger partial charge in [0.25, 0.3) is 0 Å². The van der Waals surface area contributed by atoms with E-state index in [1.165, 1.54) is 19.4 Å². The first-order valence-electron chi connectivity index (χ1n) is 11.4. The van der Waals surface area contributed by atoms with E-state index in [9.17, 15) is 14.4 Å². The number of ketones is 1. The minimum Gasteiger partial charge on any atom is -0.462 e. The van der Waals surface area contributed by atoms with Crippen LogP contribution in [0.15, 0.2) is 23.3 Å². The Morgan fingerprint density at radius 2 is 1.70 bits per heavy atom. The summed E-state index contributed by atoms with van der Waals surface area (Å²) in [7, 11) is 0. The lowest BCUT2D eigenvalue weighted by Crippen LogP contribution is -2.50. The van der Waals surface area contributed by atoms with Crippen molar-refractivity contribution in [3.05, 3.63) is 23.3 Å². The van der Waals surface area contributed by atoms with Crippen molar-refractivity contribution in [2.45, 2.75) is 78.7 Å². The van der Waals surface area contributed by atoms with E-state index in [1.807, 2.05) is 0 Å². The third kappa shape index (κ3) is 3.44. The first-order valence-corrected chi connectivity index (χ1v) is 11.4. The number of esters is 2. The van der Waals surface area contributed by atoms with Gasteiger partial charge in [-0.3, -0.25) is 14.4 Å². The number of rotatable bonds is 4. The van der Waals surface area contributed by atoms with Gasteiger partial charge in [0, 0.05) is 25.8 Å². The zero-order chi connectivity index (χ0) is 21.7. The highest BCUT2D eigenvalue weighted by molar-refractivity contribution is 5.99. The molecule has 4 rings (SSSR count). The first-order chi connectivity index (χ1) is 14.1. The lowest BCUT2D eigenvalue weighted by Gasteiger charge is -2.57. The summed E-state index contributed by atoms with van der Waals surface area (Å²) in [5.74, 6) is 1.02. The summed E-state index contributed by atoms with van der Waals surface area (Å²) in [6.07, 6.45) is 11.5. The molecule has 4 aliphatic carbocycles. The molecule has 4 aliphatic rings. The molecular weight excluding hydrogens is 380 g/mol. The fraction of sp³-hybridized carbons (Fsp3) is 0.720. The molecule has 0 aromatic heterocycles. The van der Waals surface area contributed by atoms with Crippen molar-refractivity contribution in [1.82, 2.24) is 0 Å². The molecule has 6 atom stereocenters. The van der Waals surface area contributed by atoms with Crippen LogP contribution in [0.2, 0.25) is 0 Å². The number of hydrogen-bond donors (Lipinski definition) is 0. The fourth-order valence-electron chi connectivity index (χ4n) is 7.21. The molecule has 0 spiro atoms. The molecule has 0 unspecified atom stereocenters. The van der Waals surface area contributed by atoms with Gasteiger partial charge in [-0.15, -0.1) is 0 Å². The van der Waals surface area contributed by atoms with Crippen molar-refractivity contribution in [3.8, 4) is 0 Å². The van der Waals surface area contributed by atoms with Crippen LogP contribution in [0.3, 0.4) is 0 Å². The highest BCUT2D eigenvalue weighted by Crippen LogP contribution is 2.65. The zero-order valence-electron chi connectivity index (χ0n) is 18.7. The number of hydrogen-bond acceptors (Lipinski definition) is 5. The van der Waals surface area contributed by atoms with Crippen LogP contribution in [-0.4, -0.2) is 30.4 Å². The molecule has 0 heterocycles. The smallest absolute Gasteiger partial charge is 0.303 e. The van der Waals surface area contributed by atoms with Gasteiger partial charge in [-0.05, 0) is 67.1 Å². The third-order valence-corrected chi connectivity index (χ3v) is 8.68. The normalized spacial score (nSPS) is 39.6. The summed E-state index contributed by atoms with van der Waals surface area (Å²) in [5.41, 5.74) is 2.41. The lowest BCUT2D eigenvalue weighted by atomic mass is 9.47. The maximum absolute atomic E-state index is 12.8. The molecular formula is C25H34O5. The molecule has 2 fully saturated rings. The zero-order valence-corrected chi connectivity index (χ0v) is 18.7. The highest BCUT2D eigenvalue weighted by Gasteiger charge is 2.57. The van der Waals surface area contributed by atoms with Gasteiger partial charge in [0.15, 0.2) is 12.4 Å². The van der Waals surface area contributed by atoms with Crippen LogP contribution >= 0.6 is 0 Å². The Morgan fingerprint density at radius 3 is 2.40 bits per heavy atom. The van der Waals surface area contributed by atoms with Crippen LogP contribution in [-0.2, 0) is 23.9 Å². The molecule has 0 amide bonds. The largest absolute Gasteiger partial charge is 0.462 e. The van der Waals surface area contributed by atoms with Crippen molar-refractivity contribution in [3.63, 3.8) is 0 Å². The van der Waals surface area contributed by atoms with E-state index in [-0.39, 0.29) is 35.3 Å². The van der Waals surface area contributed by atoms with Crippen LogP contribution < -0.4 is 0 Å². The molecule has 0 aromatic carbocycles. The van der Waals surface area contributed by atoms with E-state index in [1.54, 1.807) is 0 Å². The van der Waals surface area contributed by atoms with Gasteiger partial charge >= 0.3 is 11.9 Å². The summed E-state index contributed by atoms with van der Waals surface area (Å²) < 4.78 is 10.5. The fourth-order valence-corrected chi connectivity index (χ4v) is 7.21. The Labute approximate surface area is 179 Å². The maximum atomic E-state index is 12.8. The van der Waals surface area contributed by atoms with Crippen LogP contribution in [0.25, 0.3) is 0 Å². The van der Waals surface area contributed by atoms with Gasteiger partial charge in [0.2, 0.25) is 0 Å². The second-order valence-corrected chi connectivity index (χ2v) is 10.2. The number of ether oxygens (including phenoxy) is 2. The van der Waals surface area contributed by atoms with Crippen LogP contribution in [0.5, 0.6) is 0 Å². The Hall–Kier alpha value is -1.91. The van der Waals surface area contributed by atoms with E-state index in [4.69, 9.17) is 9.47 Å². The van der Waals surface area contributed by atoms with Crippen LogP contribution in [0.1, 0.15) is 72.6 Å². The second-order valence-electron chi connectivity index (χ2n) is 10.2. The molecule has 0 saturated heterocycles. The summed E-state index contributed by atoms with van der Waals surface area (Å²) in [5, 5.41) is 0. The predicted molar refractivity (Wildman–Crippen MR) is 112 cm³/mol. The SMILES string of the molecule is CC(=O)OCC(=O)C1=CC[C@H]2[C@H]3CC=C4C[C@@H](OC(C)=O)CC[C@]4(C)[C@H]3CC[C@]12C. The Morgan fingerprint density at radius 1 is 0.967 bits per heavy atom. The minimum absolute atomic E-state index is 0.0193. The predicted octanol–water partition coefficient (Wildman–Crippen LogP) is 4.55. The molecule has 5 heteroatoms. The van der Waals surface area contributed by atoms with Crippen molar-refractivity contribution in [1.29, 1.82) is 0 Å². The minimum atomic E-state index is -0.408. The van der Waals surface area contributed by atoms with Crippen molar-refractivity contribution in [2.24, 2.45) is 28.6 Å². The van der Waals surface area contributed by atoms with Gasteiger partial charge in [0.05, 0.1) is 0 Å². The summed E-state index contributed by atoms with van der Waals surface area (Å²) in [4.78, 5) is 35.3. The van der Waals surface area contributed by atoms with E-state index in [0.717, 1.165) is 50.5 Å². The van der Waals surface area contributed by atoms with E-state index in [0.29, 0.717) is 17.8 Å². The van der Waals surface area contributed by atoms with Crippen molar-refractivity contribution in [2.75, 3.05) is 6.61 Å². The van der Waals surface area contributed by atoms with E-state index >= 15 is 0 Å². The van der Waals surface area contributed by atoms with Gasteiger partial charge in [0.1, 0.15) is 6.10 Å². The Kier molecular flexibility index (Phi) is 5.44. The van der Waals surface area contributed by atoms with Crippen LogP contribution in [0.4, 0.5) is 0 Å². The Balaban J connectivity index is 1.52. The van der Waals surface area contributed by atoms with E-state index in [2.05, 4.69) is 26.0 Å².